The second-order valence-electron chi connectivity index (χ2n) is 5.91. The van der Waals surface area contributed by atoms with Crippen LogP contribution in [0, 0.1) is 19.7 Å². The molecule has 0 saturated carbocycles. The number of halogens is 1. The molecule has 0 bridgehead atoms. The zero-order valence-electron chi connectivity index (χ0n) is 14.3. The molecule has 0 fully saturated rings. The van der Waals surface area contributed by atoms with Gasteiger partial charge in [0.2, 0.25) is 0 Å². The molecular weight excluding hydrogens is 325 g/mol. The quantitative estimate of drug-likeness (QED) is 0.671. The third kappa shape index (κ3) is 5.27. The van der Waals surface area contributed by atoms with E-state index >= 15 is 0 Å². The molecule has 0 heterocycles. The molecule has 0 spiro atoms. The molecule has 0 aliphatic carbocycles. The predicted octanol–water partition coefficient (Wildman–Crippen LogP) is 2.63. The van der Waals surface area contributed by atoms with E-state index in [4.69, 9.17) is 9.84 Å². The van der Waals surface area contributed by atoms with E-state index in [0.717, 1.165) is 11.1 Å². The number of para-hydroxylation sites is 1. The Morgan fingerprint density at radius 2 is 2.04 bits per heavy atom. The van der Waals surface area contributed by atoms with Crippen LogP contribution in [-0.4, -0.2) is 35.5 Å². The topological polar surface area (TPSA) is 78.8 Å². The fourth-order valence-electron chi connectivity index (χ4n) is 2.36. The molecule has 3 N–H and O–H groups in total. The van der Waals surface area contributed by atoms with Crippen LogP contribution in [0.5, 0.6) is 0 Å². The van der Waals surface area contributed by atoms with E-state index < -0.39 is 18.7 Å². The first kappa shape index (κ1) is 18.9. The number of rotatable bonds is 7. The molecule has 2 rings (SSSR count). The second-order valence-corrected chi connectivity index (χ2v) is 5.91. The van der Waals surface area contributed by atoms with Gasteiger partial charge in [-0.15, -0.1) is 0 Å². The normalized spacial score (nSPS) is 11.9. The number of ether oxygens (including phenoxy) is 1. The lowest BCUT2D eigenvalue weighted by atomic mass is 10.1. The van der Waals surface area contributed by atoms with Crippen molar-refractivity contribution in [3.8, 4) is 0 Å². The molecule has 0 aliphatic rings. The molecule has 25 heavy (non-hydrogen) atoms. The molecule has 134 valence electrons. The zero-order chi connectivity index (χ0) is 18.4. The van der Waals surface area contributed by atoms with Crippen LogP contribution in [0.4, 0.5) is 15.8 Å². The summed E-state index contributed by atoms with van der Waals surface area (Å²) in [6, 6.07) is 10.3. The number of carbonyl (C=O) groups is 1. The van der Waals surface area contributed by atoms with Crippen molar-refractivity contribution >= 4 is 17.3 Å². The van der Waals surface area contributed by atoms with Crippen molar-refractivity contribution in [2.45, 2.75) is 26.4 Å². The molecular formula is C19H22FNO4. The fourth-order valence-corrected chi connectivity index (χ4v) is 2.36. The van der Waals surface area contributed by atoms with E-state index in [2.05, 4.69) is 5.32 Å². The summed E-state index contributed by atoms with van der Waals surface area (Å²) in [5.74, 6) is -0.911. The van der Waals surface area contributed by atoms with Crippen LogP contribution in [-0.2, 0) is 16.0 Å². The number of nitrogens with one attached hydrogen (secondary N) is 1. The van der Waals surface area contributed by atoms with E-state index in [1.807, 2.05) is 19.1 Å². The summed E-state index contributed by atoms with van der Waals surface area (Å²) < 4.78 is 19.0. The number of hydrogen-bond donors (Lipinski definition) is 3. The number of anilines is 2. The van der Waals surface area contributed by atoms with Gasteiger partial charge in [0.05, 0.1) is 18.7 Å². The first-order chi connectivity index (χ1) is 11.9. The maximum absolute atomic E-state index is 14.1. The second kappa shape index (κ2) is 8.60. The first-order valence-electron chi connectivity index (χ1n) is 7.97. The van der Waals surface area contributed by atoms with E-state index in [9.17, 15) is 14.3 Å². The summed E-state index contributed by atoms with van der Waals surface area (Å²) in [7, 11) is 0. The molecule has 2 aromatic carbocycles. The number of hydrogen-bond acceptors (Lipinski definition) is 5. The van der Waals surface area contributed by atoms with Crippen LogP contribution in [0.15, 0.2) is 36.4 Å². The molecule has 0 saturated heterocycles. The zero-order valence-corrected chi connectivity index (χ0v) is 14.3. The number of carbonyl (C=O) groups excluding carboxylic acids is 1. The minimum atomic E-state index is -1.10. The van der Waals surface area contributed by atoms with E-state index in [0.29, 0.717) is 16.9 Å². The Balaban J connectivity index is 2.18. The lowest BCUT2D eigenvalue weighted by Crippen LogP contribution is -2.22. The van der Waals surface area contributed by atoms with E-state index in [1.165, 1.54) is 6.07 Å². The highest BCUT2D eigenvalue weighted by Crippen LogP contribution is 2.27. The summed E-state index contributed by atoms with van der Waals surface area (Å²) >= 11 is 0. The van der Waals surface area contributed by atoms with Crippen LogP contribution in [0.2, 0.25) is 0 Å². The molecule has 1 unspecified atom stereocenters. The van der Waals surface area contributed by atoms with Crippen LogP contribution < -0.4 is 5.32 Å². The van der Waals surface area contributed by atoms with Gasteiger partial charge in [0.1, 0.15) is 18.5 Å². The van der Waals surface area contributed by atoms with Gasteiger partial charge in [-0.1, -0.05) is 29.8 Å². The van der Waals surface area contributed by atoms with Crippen LogP contribution in [0.1, 0.15) is 16.7 Å². The molecule has 0 aromatic heterocycles. The highest BCUT2D eigenvalue weighted by Gasteiger charge is 2.14. The SMILES string of the molecule is Cc1ccc(Nc2c(C)cccc2F)c(CC(=O)OCC(O)CO)c1. The van der Waals surface area contributed by atoms with Gasteiger partial charge in [0, 0.05) is 5.69 Å². The highest BCUT2D eigenvalue weighted by molar-refractivity contribution is 5.77. The molecule has 0 radical (unpaired) electrons. The summed E-state index contributed by atoms with van der Waals surface area (Å²) in [4.78, 5) is 12.0. The average molecular weight is 347 g/mol. The summed E-state index contributed by atoms with van der Waals surface area (Å²) in [6.45, 7) is 2.94. The lowest BCUT2D eigenvalue weighted by Gasteiger charge is -2.15. The van der Waals surface area contributed by atoms with Gasteiger partial charge in [-0.2, -0.15) is 0 Å². The summed E-state index contributed by atoms with van der Waals surface area (Å²) in [6.07, 6.45) is -1.13. The van der Waals surface area contributed by atoms with Gasteiger partial charge >= 0.3 is 5.97 Å². The minimum Gasteiger partial charge on any atom is -0.463 e. The maximum Gasteiger partial charge on any atom is 0.310 e. The number of aryl methyl sites for hydroxylation is 2. The lowest BCUT2D eigenvalue weighted by molar-refractivity contribution is -0.146. The fraction of sp³-hybridized carbons (Fsp3) is 0.316. The van der Waals surface area contributed by atoms with Crippen molar-refractivity contribution in [2.75, 3.05) is 18.5 Å². The summed E-state index contributed by atoms with van der Waals surface area (Å²) in [5.41, 5.74) is 3.33. The molecule has 0 amide bonds. The van der Waals surface area contributed by atoms with Crippen molar-refractivity contribution in [1.29, 1.82) is 0 Å². The number of aliphatic hydroxyl groups excluding tert-OH is 2. The molecule has 5 nitrogen and oxygen atoms in total. The van der Waals surface area contributed by atoms with Crippen LogP contribution in [0.25, 0.3) is 0 Å². The highest BCUT2D eigenvalue weighted by atomic mass is 19.1. The van der Waals surface area contributed by atoms with Crippen LogP contribution in [0.3, 0.4) is 0 Å². The largest absolute Gasteiger partial charge is 0.463 e. The van der Waals surface area contributed by atoms with Crippen molar-refractivity contribution in [3.63, 3.8) is 0 Å². The maximum atomic E-state index is 14.1. The Labute approximate surface area is 146 Å². The standard InChI is InChI=1S/C19H22FNO4/c1-12-6-7-17(21-19-13(2)4-3-5-16(19)20)14(8-12)9-18(24)25-11-15(23)10-22/h3-8,15,21-23H,9-11H2,1-2H3. The van der Waals surface area contributed by atoms with E-state index in [-0.39, 0.29) is 18.8 Å². The van der Waals surface area contributed by atoms with E-state index in [1.54, 1.807) is 25.1 Å². The Kier molecular flexibility index (Phi) is 6.50. The first-order valence-corrected chi connectivity index (χ1v) is 7.97. The van der Waals surface area contributed by atoms with Crippen molar-refractivity contribution < 1.29 is 24.1 Å². The minimum absolute atomic E-state index is 0.0321. The molecule has 6 heteroatoms. The Morgan fingerprint density at radius 3 is 2.72 bits per heavy atom. The molecule has 2 aromatic rings. The smallest absolute Gasteiger partial charge is 0.310 e. The summed E-state index contributed by atoms with van der Waals surface area (Å²) in [5, 5.41) is 21.0. The monoisotopic (exact) mass is 347 g/mol. The third-order valence-corrected chi connectivity index (χ3v) is 3.72. The van der Waals surface area contributed by atoms with Crippen LogP contribution >= 0.6 is 0 Å². The Bertz CT molecular complexity index is 728. The van der Waals surface area contributed by atoms with Crippen molar-refractivity contribution in [3.05, 3.63) is 58.9 Å². The third-order valence-electron chi connectivity index (χ3n) is 3.72. The molecule has 0 aliphatic heterocycles. The number of esters is 1. The van der Waals surface area contributed by atoms with Gasteiger partial charge in [-0.3, -0.25) is 4.79 Å². The average Bonchev–Trinajstić information content (AvgIpc) is 2.57. The van der Waals surface area contributed by atoms with Crippen molar-refractivity contribution in [1.82, 2.24) is 0 Å². The van der Waals surface area contributed by atoms with Gasteiger partial charge in [0.25, 0.3) is 0 Å². The van der Waals surface area contributed by atoms with Gasteiger partial charge in [-0.05, 0) is 37.1 Å². The van der Waals surface area contributed by atoms with Gasteiger partial charge in [0.15, 0.2) is 0 Å². The predicted molar refractivity (Wildman–Crippen MR) is 93.4 cm³/mol. The number of benzene rings is 2. The Hall–Kier alpha value is -2.44. The van der Waals surface area contributed by atoms with Gasteiger partial charge < -0.3 is 20.3 Å². The number of aliphatic hydroxyl groups is 2. The van der Waals surface area contributed by atoms with Gasteiger partial charge in [-0.25, -0.2) is 4.39 Å². The molecule has 1 atom stereocenters. The van der Waals surface area contributed by atoms with Crippen molar-refractivity contribution in [2.24, 2.45) is 0 Å². The Morgan fingerprint density at radius 1 is 1.28 bits per heavy atom.